The molecule has 0 atom stereocenters. The van der Waals surface area contributed by atoms with E-state index in [1.807, 2.05) is 96.1 Å². The highest BCUT2D eigenvalue weighted by atomic mass is 15.0. The number of hydrogen-bond donors (Lipinski definition) is 0. The Morgan fingerprint density at radius 2 is 1.05 bits per heavy atom. The first-order valence-corrected chi connectivity index (χ1v) is 13.6. The van der Waals surface area contributed by atoms with Crippen LogP contribution in [0.25, 0.3) is 62.0 Å². The van der Waals surface area contributed by atoms with Gasteiger partial charge in [0.05, 0.1) is 23.8 Å². The van der Waals surface area contributed by atoms with Crippen LogP contribution in [0.5, 0.6) is 0 Å². The Morgan fingerprint density at radius 1 is 0.405 bits per heavy atom. The summed E-state index contributed by atoms with van der Waals surface area (Å²) in [6.07, 6.45) is 13.2. The van der Waals surface area contributed by atoms with Gasteiger partial charge >= 0.3 is 5.82 Å². The lowest BCUT2D eigenvalue weighted by Crippen LogP contribution is -2.30. The summed E-state index contributed by atoms with van der Waals surface area (Å²) in [6, 6.07) is 36.7. The molecule has 0 bridgehead atoms. The minimum atomic E-state index is 0.827. The van der Waals surface area contributed by atoms with Crippen LogP contribution in [0.4, 0.5) is 0 Å². The molecule has 0 spiro atoms. The molecule has 0 radical (unpaired) electrons. The molecule has 0 N–H and O–H groups in total. The molecule has 0 unspecified atom stereocenters. The van der Waals surface area contributed by atoms with E-state index in [1.165, 1.54) is 0 Å². The van der Waals surface area contributed by atoms with Gasteiger partial charge in [-0.3, -0.25) is 19.9 Å². The standard InChI is InChI=1S/C36H25N6/c1-3-17-38-32(8-1)34-13-12-28(25-40-34)31-22-29(21-30(23-31)27-7-6-16-37-24-27)26-14-19-42(20-15-26)36-11-5-10-35(41-36)33-9-2-4-18-39-33/h1-25H/q+1. The summed E-state index contributed by atoms with van der Waals surface area (Å²) in [4.78, 5) is 22.8. The van der Waals surface area contributed by atoms with Gasteiger partial charge < -0.3 is 0 Å². The van der Waals surface area contributed by atoms with Crippen molar-refractivity contribution < 1.29 is 4.57 Å². The van der Waals surface area contributed by atoms with Crippen LogP contribution in [-0.2, 0) is 0 Å². The van der Waals surface area contributed by atoms with Gasteiger partial charge in [0.15, 0.2) is 0 Å². The van der Waals surface area contributed by atoms with Crippen molar-refractivity contribution in [2.45, 2.75) is 0 Å². The van der Waals surface area contributed by atoms with Crippen molar-refractivity contribution in [1.82, 2.24) is 24.9 Å². The van der Waals surface area contributed by atoms with E-state index in [0.717, 1.165) is 62.0 Å². The quantitative estimate of drug-likeness (QED) is 0.207. The first-order chi connectivity index (χ1) is 20.8. The zero-order valence-electron chi connectivity index (χ0n) is 22.6. The number of pyridine rings is 6. The van der Waals surface area contributed by atoms with Crippen molar-refractivity contribution in [2.24, 2.45) is 0 Å². The Hall–Kier alpha value is -5.88. The molecular weight excluding hydrogens is 516 g/mol. The first kappa shape index (κ1) is 25.1. The monoisotopic (exact) mass is 541 g/mol. The zero-order chi connectivity index (χ0) is 28.1. The summed E-state index contributed by atoms with van der Waals surface area (Å²) >= 11 is 0. The van der Waals surface area contributed by atoms with E-state index in [2.05, 4.69) is 57.4 Å². The van der Waals surface area contributed by atoms with Crippen molar-refractivity contribution in [2.75, 3.05) is 0 Å². The van der Waals surface area contributed by atoms with Gasteiger partial charge in [-0.1, -0.05) is 24.3 Å². The van der Waals surface area contributed by atoms with E-state index in [9.17, 15) is 0 Å². The molecule has 0 fully saturated rings. The second-order valence-electron chi connectivity index (χ2n) is 9.78. The second kappa shape index (κ2) is 11.3. The van der Waals surface area contributed by atoms with Gasteiger partial charge in [0.2, 0.25) is 5.69 Å². The van der Waals surface area contributed by atoms with Crippen molar-refractivity contribution in [1.29, 1.82) is 0 Å². The largest absolute Gasteiger partial charge is 0.328 e. The minimum Gasteiger partial charge on any atom is -0.264 e. The molecule has 198 valence electrons. The van der Waals surface area contributed by atoms with Crippen LogP contribution in [0, 0.1) is 0 Å². The van der Waals surface area contributed by atoms with Gasteiger partial charge in [0.25, 0.3) is 0 Å². The maximum absolute atomic E-state index is 4.83. The predicted octanol–water partition coefficient (Wildman–Crippen LogP) is 7.27. The molecule has 6 nitrogen and oxygen atoms in total. The van der Waals surface area contributed by atoms with Gasteiger partial charge in [-0.05, 0) is 106 Å². The molecule has 0 amide bonds. The van der Waals surface area contributed by atoms with Gasteiger partial charge in [-0.25, -0.2) is 4.57 Å². The third-order valence-electron chi connectivity index (χ3n) is 7.04. The van der Waals surface area contributed by atoms with Crippen LogP contribution in [0.3, 0.4) is 0 Å². The van der Waals surface area contributed by atoms with Crippen LogP contribution < -0.4 is 4.57 Å². The van der Waals surface area contributed by atoms with E-state index >= 15 is 0 Å². The smallest absolute Gasteiger partial charge is 0.264 e. The van der Waals surface area contributed by atoms with E-state index in [4.69, 9.17) is 9.97 Å². The summed E-state index contributed by atoms with van der Waals surface area (Å²) < 4.78 is 2.02. The fraction of sp³-hybridized carbons (Fsp3) is 0. The van der Waals surface area contributed by atoms with E-state index in [0.29, 0.717) is 0 Å². The van der Waals surface area contributed by atoms with E-state index < -0.39 is 0 Å². The van der Waals surface area contributed by atoms with E-state index in [1.54, 1.807) is 18.6 Å². The lowest BCUT2D eigenvalue weighted by molar-refractivity contribution is -0.599. The normalized spacial score (nSPS) is 10.9. The molecule has 6 heterocycles. The minimum absolute atomic E-state index is 0.827. The second-order valence-corrected chi connectivity index (χ2v) is 9.78. The van der Waals surface area contributed by atoms with E-state index in [-0.39, 0.29) is 0 Å². The van der Waals surface area contributed by atoms with Crippen molar-refractivity contribution in [3.63, 3.8) is 0 Å². The molecule has 1 aromatic carbocycles. The molecule has 7 rings (SSSR count). The molecule has 6 heteroatoms. The van der Waals surface area contributed by atoms with Gasteiger partial charge in [0.1, 0.15) is 5.69 Å². The molecule has 42 heavy (non-hydrogen) atoms. The zero-order valence-corrected chi connectivity index (χ0v) is 22.6. The highest BCUT2D eigenvalue weighted by Crippen LogP contribution is 2.33. The molecule has 0 saturated heterocycles. The third-order valence-corrected chi connectivity index (χ3v) is 7.04. The topological polar surface area (TPSA) is 68.3 Å². The SMILES string of the molecule is c1ccc(-c2ccc(-c3cc(-c4cc[n+](-c5cccc(-c6ccccn6)n5)cc4)cc(-c4cccnc4)c3)cn2)nc1. The van der Waals surface area contributed by atoms with Crippen LogP contribution >= 0.6 is 0 Å². The lowest BCUT2D eigenvalue weighted by Gasteiger charge is -2.11. The molecule has 0 aliphatic rings. The van der Waals surface area contributed by atoms with Gasteiger partial charge in [-0.2, -0.15) is 0 Å². The van der Waals surface area contributed by atoms with Crippen LogP contribution in [-0.4, -0.2) is 24.9 Å². The average Bonchev–Trinajstić information content (AvgIpc) is 3.09. The lowest BCUT2D eigenvalue weighted by atomic mass is 9.94. The fourth-order valence-electron chi connectivity index (χ4n) is 4.89. The van der Waals surface area contributed by atoms with Crippen molar-refractivity contribution in [3.8, 4) is 62.0 Å². The third kappa shape index (κ3) is 5.29. The fourth-order valence-corrected chi connectivity index (χ4v) is 4.89. The number of benzene rings is 1. The summed E-state index contributed by atoms with van der Waals surface area (Å²) in [7, 11) is 0. The van der Waals surface area contributed by atoms with Crippen molar-refractivity contribution >= 4 is 0 Å². The van der Waals surface area contributed by atoms with Gasteiger partial charge in [-0.15, -0.1) is 0 Å². The molecule has 0 saturated carbocycles. The number of hydrogen-bond acceptors (Lipinski definition) is 5. The Bertz CT molecular complexity index is 1940. The highest BCUT2D eigenvalue weighted by Gasteiger charge is 2.14. The molecule has 6 aromatic heterocycles. The predicted molar refractivity (Wildman–Crippen MR) is 164 cm³/mol. The summed E-state index contributed by atoms with van der Waals surface area (Å²) in [5.41, 5.74) is 9.82. The Labute approximate surface area is 243 Å². The summed E-state index contributed by atoms with van der Waals surface area (Å²) in [5.74, 6) is 0.827. The Kier molecular flexibility index (Phi) is 6.76. The Balaban J connectivity index is 1.25. The van der Waals surface area contributed by atoms with Crippen LogP contribution in [0.15, 0.2) is 153 Å². The van der Waals surface area contributed by atoms with Crippen LogP contribution in [0.1, 0.15) is 0 Å². The Morgan fingerprint density at radius 3 is 1.67 bits per heavy atom. The molecule has 0 aliphatic heterocycles. The average molecular weight is 542 g/mol. The summed E-state index contributed by atoms with van der Waals surface area (Å²) in [5, 5.41) is 0. The molecule has 0 aliphatic carbocycles. The van der Waals surface area contributed by atoms with Gasteiger partial charge in [0, 0.05) is 48.2 Å². The van der Waals surface area contributed by atoms with Crippen molar-refractivity contribution in [3.05, 3.63) is 153 Å². The van der Waals surface area contributed by atoms with Crippen LogP contribution in [0.2, 0.25) is 0 Å². The first-order valence-electron chi connectivity index (χ1n) is 13.6. The number of nitrogens with zero attached hydrogens (tertiary/aromatic N) is 6. The maximum Gasteiger partial charge on any atom is 0.328 e. The maximum atomic E-state index is 4.83. The number of aromatic nitrogens is 6. The number of rotatable bonds is 6. The molecular formula is C36H25N6+. The summed E-state index contributed by atoms with van der Waals surface area (Å²) in [6.45, 7) is 0. The molecule has 7 aromatic rings. The highest BCUT2D eigenvalue weighted by molar-refractivity contribution is 5.81.